The molecule has 0 saturated carbocycles. The molecule has 0 aliphatic rings. The second kappa shape index (κ2) is 4.13. The van der Waals surface area contributed by atoms with Crippen LogP contribution in [0.15, 0.2) is 23.1 Å². The molecule has 0 aliphatic heterocycles. The summed E-state index contributed by atoms with van der Waals surface area (Å²) in [6.07, 6.45) is 0. The van der Waals surface area contributed by atoms with E-state index in [1.54, 1.807) is 18.9 Å². The van der Waals surface area contributed by atoms with E-state index >= 15 is 0 Å². The van der Waals surface area contributed by atoms with Gasteiger partial charge in [-0.1, -0.05) is 20.8 Å². The summed E-state index contributed by atoms with van der Waals surface area (Å²) in [7, 11) is 1.66. The third-order valence-corrected chi connectivity index (χ3v) is 2.82. The zero-order valence-electron chi connectivity index (χ0n) is 9.13. The Balaban J connectivity index is 2.95. The number of methoxy groups -OCH3 is 1. The molecule has 0 aliphatic carbocycles. The summed E-state index contributed by atoms with van der Waals surface area (Å²) < 4.78 is 5.32. The van der Waals surface area contributed by atoms with E-state index in [1.807, 2.05) is 18.2 Å². The predicted octanol–water partition coefficient (Wildman–Crippen LogP) is 3.17. The highest BCUT2D eigenvalue weighted by atomic mass is 32.2. The summed E-state index contributed by atoms with van der Waals surface area (Å²) in [5.41, 5.74) is 6.69. The zero-order chi connectivity index (χ0) is 10.8. The normalized spacial score (nSPS) is 11.4. The fourth-order valence-corrected chi connectivity index (χ4v) is 2.08. The van der Waals surface area contributed by atoms with Crippen molar-refractivity contribution in [1.82, 2.24) is 0 Å². The van der Waals surface area contributed by atoms with Gasteiger partial charge in [0, 0.05) is 15.3 Å². The Morgan fingerprint density at radius 1 is 1.29 bits per heavy atom. The van der Waals surface area contributed by atoms with Crippen LogP contribution in [0.25, 0.3) is 0 Å². The van der Waals surface area contributed by atoms with Crippen molar-refractivity contribution in [3.8, 4) is 5.75 Å². The number of hydrogen-bond acceptors (Lipinski definition) is 3. The van der Waals surface area contributed by atoms with E-state index in [2.05, 4.69) is 20.8 Å². The van der Waals surface area contributed by atoms with Crippen LogP contribution < -0.4 is 10.5 Å². The number of ether oxygens (including phenoxy) is 1. The quantitative estimate of drug-likeness (QED) is 0.603. The molecule has 0 aromatic heterocycles. The summed E-state index contributed by atoms with van der Waals surface area (Å²) in [5.74, 6) is 0.853. The van der Waals surface area contributed by atoms with Crippen LogP contribution in [0.2, 0.25) is 0 Å². The van der Waals surface area contributed by atoms with Gasteiger partial charge in [-0.3, -0.25) is 0 Å². The molecule has 0 unspecified atom stereocenters. The van der Waals surface area contributed by atoms with Crippen molar-refractivity contribution < 1.29 is 4.74 Å². The van der Waals surface area contributed by atoms with Gasteiger partial charge in [-0.2, -0.15) is 0 Å². The molecule has 14 heavy (non-hydrogen) atoms. The van der Waals surface area contributed by atoms with Crippen LogP contribution in [0.4, 0.5) is 5.69 Å². The molecule has 0 bridgehead atoms. The van der Waals surface area contributed by atoms with Crippen molar-refractivity contribution in [2.45, 2.75) is 30.4 Å². The number of hydrogen-bond donors (Lipinski definition) is 1. The minimum Gasteiger partial charge on any atom is -0.497 e. The Labute approximate surface area is 89.8 Å². The molecule has 0 saturated heterocycles. The van der Waals surface area contributed by atoms with Gasteiger partial charge in [0.15, 0.2) is 0 Å². The van der Waals surface area contributed by atoms with Crippen molar-refractivity contribution >= 4 is 17.4 Å². The summed E-state index contributed by atoms with van der Waals surface area (Å²) >= 11 is 1.75. The van der Waals surface area contributed by atoms with Gasteiger partial charge in [0.1, 0.15) is 5.75 Å². The molecule has 78 valence electrons. The van der Waals surface area contributed by atoms with Crippen molar-refractivity contribution in [2.75, 3.05) is 12.8 Å². The average Bonchev–Trinajstić information content (AvgIpc) is 2.06. The lowest BCUT2D eigenvalue weighted by Crippen LogP contribution is -2.07. The molecular formula is C11H17NOS. The molecule has 2 N–H and O–H groups in total. The molecule has 2 nitrogen and oxygen atoms in total. The smallest absolute Gasteiger partial charge is 0.120 e. The summed E-state index contributed by atoms with van der Waals surface area (Å²) in [6, 6.07) is 5.74. The van der Waals surface area contributed by atoms with Gasteiger partial charge in [-0.15, -0.1) is 11.8 Å². The van der Waals surface area contributed by atoms with Crippen LogP contribution in [0.3, 0.4) is 0 Å². The second-order valence-electron chi connectivity index (χ2n) is 4.12. The van der Waals surface area contributed by atoms with Crippen LogP contribution >= 0.6 is 11.8 Å². The number of thioether (sulfide) groups is 1. The number of nitrogen functional groups attached to an aromatic ring is 1. The first-order chi connectivity index (χ1) is 6.42. The largest absolute Gasteiger partial charge is 0.497 e. The van der Waals surface area contributed by atoms with E-state index in [9.17, 15) is 0 Å². The van der Waals surface area contributed by atoms with Gasteiger partial charge in [-0.05, 0) is 18.2 Å². The van der Waals surface area contributed by atoms with E-state index in [0.29, 0.717) is 0 Å². The van der Waals surface area contributed by atoms with E-state index in [1.165, 1.54) is 0 Å². The maximum atomic E-state index is 5.87. The molecule has 0 radical (unpaired) electrons. The average molecular weight is 211 g/mol. The predicted molar refractivity (Wildman–Crippen MR) is 63.0 cm³/mol. The maximum absolute atomic E-state index is 5.87. The van der Waals surface area contributed by atoms with Crippen LogP contribution in [-0.4, -0.2) is 11.9 Å². The molecular weight excluding hydrogens is 194 g/mol. The lowest BCUT2D eigenvalue weighted by atomic mass is 10.3. The first-order valence-corrected chi connectivity index (χ1v) is 5.36. The number of anilines is 1. The molecule has 0 amide bonds. The molecule has 0 fully saturated rings. The van der Waals surface area contributed by atoms with Gasteiger partial charge in [-0.25, -0.2) is 0 Å². The Morgan fingerprint density at radius 3 is 2.43 bits per heavy atom. The highest BCUT2D eigenvalue weighted by Crippen LogP contribution is 2.37. The number of nitrogens with two attached hydrogens (primary N) is 1. The molecule has 1 aromatic rings. The molecule has 3 heteroatoms. The van der Waals surface area contributed by atoms with Crippen molar-refractivity contribution in [3.05, 3.63) is 18.2 Å². The summed E-state index contributed by atoms with van der Waals surface area (Å²) in [4.78, 5) is 1.08. The van der Waals surface area contributed by atoms with Crippen molar-refractivity contribution in [2.24, 2.45) is 0 Å². The fraction of sp³-hybridized carbons (Fsp3) is 0.455. The summed E-state index contributed by atoms with van der Waals surface area (Å²) in [5, 5.41) is 0. The van der Waals surface area contributed by atoms with Crippen molar-refractivity contribution in [3.63, 3.8) is 0 Å². The van der Waals surface area contributed by atoms with E-state index in [4.69, 9.17) is 10.5 Å². The molecule has 1 aromatic carbocycles. The Bertz CT molecular complexity index is 318. The van der Waals surface area contributed by atoms with Crippen molar-refractivity contribution in [1.29, 1.82) is 0 Å². The third kappa shape index (κ3) is 3.14. The topological polar surface area (TPSA) is 35.2 Å². The standard InChI is InChI=1S/C11H17NOS/c1-11(2,3)14-10-7-8(13-4)5-6-9(10)12/h5-7H,12H2,1-4H3. The van der Waals surface area contributed by atoms with Gasteiger partial charge >= 0.3 is 0 Å². The maximum Gasteiger partial charge on any atom is 0.120 e. The van der Waals surface area contributed by atoms with Crippen LogP contribution in [0.1, 0.15) is 20.8 Å². The van der Waals surface area contributed by atoms with Gasteiger partial charge < -0.3 is 10.5 Å². The first kappa shape index (κ1) is 11.2. The lowest BCUT2D eigenvalue weighted by Gasteiger charge is -2.19. The van der Waals surface area contributed by atoms with Crippen LogP contribution in [-0.2, 0) is 0 Å². The van der Waals surface area contributed by atoms with E-state index in [-0.39, 0.29) is 4.75 Å². The second-order valence-corrected chi connectivity index (χ2v) is 5.99. The number of benzene rings is 1. The molecule has 0 spiro atoms. The fourth-order valence-electron chi connectivity index (χ4n) is 1.06. The van der Waals surface area contributed by atoms with Gasteiger partial charge in [0.25, 0.3) is 0 Å². The molecule has 0 atom stereocenters. The SMILES string of the molecule is COc1ccc(N)c(SC(C)(C)C)c1. The van der Waals surface area contributed by atoms with Crippen LogP contribution in [0, 0.1) is 0 Å². The Kier molecular flexibility index (Phi) is 3.32. The lowest BCUT2D eigenvalue weighted by molar-refractivity contribution is 0.414. The first-order valence-electron chi connectivity index (χ1n) is 4.55. The van der Waals surface area contributed by atoms with Gasteiger partial charge in [0.2, 0.25) is 0 Å². The monoisotopic (exact) mass is 211 g/mol. The third-order valence-electron chi connectivity index (χ3n) is 1.64. The summed E-state index contributed by atoms with van der Waals surface area (Å²) in [6.45, 7) is 6.49. The zero-order valence-corrected chi connectivity index (χ0v) is 9.94. The van der Waals surface area contributed by atoms with Gasteiger partial charge in [0.05, 0.1) is 7.11 Å². The minimum absolute atomic E-state index is 0.167. The molecule has 1 rings (SSSR count). The van der Waals surface area contributed by atoms with E-state index in [0.717, 1.165) is 16.3 Å². The molecule has 0 heterocycles. The van der Waals surface area contributed by atoms with E-state index < -0.39 is 0 Å². The number of rotatable bonds is 2. The Hall–Kier alpha value is -0.830. The van der Waals surface area contributed by atoms with Crippen LogP contribution in [0.5, 0.6) is 5.75 Å². The highest BCUT2D eigenvalue weighted by molar-refractivity contribution is 8.00. The minimum atomic E-state index is 0.167. The Morgan fingerprint density at radius 2 is 1.93 bits per heavy atom. The highest BCUT2D eigenvalue weighted by Gasteiger charge is 2.14.